The molecule has 2 heterocycles. The van der Waals surface area contributed by atoms with Gasteiger partial charge in [0.25, 0.3) is 0 Å². The highest BCUT2D eigenvalue weighted by Crippen LogP contribution is 2.23. The van der Waals surface area contributed by atoms with Gasteiger partial charge in [0, 0.05) is 23.2 Å². The van der Waals surface area contributed by atoms with Gasteiger partial charge in [-0.2, -0.15) is 0 Å². The molecule has 0 bridgehead atoms. The molecular formula is C17H20N4O2S. The fourth-order valence-electron chi connectivity index (χ4n) is 2.62. The smallest absolute Gasteiger partial charge is 0.319 e. The van der Waals surface area contributed by atoms with Gasteiger partial charge in [-0.3, -0.25) is 4.79 Å². The topological polar surface area (TPSA) is 83.1 Å². The molecule has 0 spiro atoms. The number of amides is 3. The van der Waals surface area contributed by atoms with E-state index in [1.165, 1.54) is 0 Å². The second-order valence-corrected chi connectivity index (χ2v) is 6.83. The summed E-state index contributed by atoms with van der Waals surface area (Å²) in [5.41, 5.74) is 2.62. The van der Waals surface area contributed by atoms with Gasteiger partial charge >= 0.3 is 6.03 Å². The van der Waals surface area contributed by atoms with E-state index in [9.17, 15) is 9.59 Å². The van der Waals surface area contributed by atoms with Gasteiger partial charge in [-0.1, -0.05) is 12.1 Å². The third-order valence-corrected chi connectivity index (χ3v) is 4.67. The van der Waals surface area contributed by atoms with Crippen LogP contribution in [-0.2, 0) is 4.79 Å². The van der Waals surface area contributed by atoms with Crippen molar-refractivity contribution in [3.63, 3.8) is 0 Å². The predicted octanol–water partition coefficient (Wildman–Crippen LogP) is 2.91. The summed E-state index contributed by atoms with van der Waals surface area (Å²) in [5, 5.41) is 11.3. The number of nitrogens with one attached hydrogen (secondary N) is 3. The molecular weight excluding hydrogens is 324 g/mol. The van der Waals surface area contributed by atoms with Crippen molar-refractivity contribution < 1.29 is 9.59 Å². The average Bonchev–Trinajstić information content (AvgIpc) is 2.90. The molecule has 0 radical (unpaired) electrons. The van der Waals surface area contributed by atoms with Crippen molar-refractivity contribution in [2.75, 3.05) is 11.9 Å². The molecule has 0 saturated carbocycles. The Morgan fingerprint density at radius 3 is 2.79 bits per heavy atom. The van der Waals surface area contributed by atoms with Gasteiger partial charge in [-0.05, 0) is 38.3 Å². The van der Waals surface area contributed by atoms with Crippen LogP contribution in [0.5, 0.6) is 0 Å². The fourth-order valence-corrected chi connectivity index (χ4v) is 3.24. The minimum atomic E-state index is -0.468. The highest BCUT2D eigenvalue weighted by molar-refractivity contribution is 7.09. The van der Waals surface area contributed by atoms with Crippen LogP contribution in [0.15, 0.2) is 29.6 Å². The second-order valence-electron chi connectivity index (χ2n) is 5.77. The summed E-state index contributed by atoms with van der Waals surface area (Å²) in [6, 6.07) is 6.66. The van der Waals surface area contributed by atoms with Gasteiger partial charge in [-0.25, -0.2) is 9.78 Å². The van der Waals surface area contributed by atoms with Gasteiger partial charge < -0.3 is 16.0 Å². The van der Waals surface area contributed by atoms with Crippen molar-refractivity contribution in [1.29, 1.82) is 0 Å². The largest absolute Gasteiger partial charge is 0.354 e. The van der Waals surface area contributed by atoms with Crippen LogP contribution in [-0.4, -0.2) is 29.5 Å². The zero-order chi connectivity index (χ0) is 16.9. The summed E-state index contributed by atoms with van der Waals surface area (Å²) in [4.78, 5) is 28.4. The number of nitrogens with zero attached hydrogens (tertiary/aromatic N) is 1. The molecule has 6 nitrogen and oxygen atoms in total. The van der Waals surface area contributed by atoms with E-state index in [2.05, 4.69) is 20.9 Å². The number of carbonyl (C=O) groups is 2. The average molecular weight is 344 g/mol. The molecule has 1 aliphatic rings. The van der Waals surface area contributed by atoms with E-state index >= 15 is 0 Å². The van der Waals surface area contributed by atoms with Gasteiger partial charge in [-0.15, -0.1) is 11.3 Å². The molecule has 1 atom stereocenters. The number of aromatic nitrogens is 1. The first-order valence-electron chi connectivity index (χ1n) is 7.99. The molecule has 24 heavy (non-hydrogen) atoms. The van der Waals surface area contributed by atoms with E-state index in [0.29, 0.717) is 18.7 Å². The van der Waals surface area contributed by atoms with E-state index in [1.54, 1.807) is 11.3 Å². The van der Waals surface area contributed by atoms with Crippen LogP contribution in [0.1, 0.15) is 24.3 Å². The molecule has 126 valence electrons. The number of benzene rings is 1. The molecule has 3 N–H and O–H groups in total. The predicted molar refractivity (Wildman–Crippen MR) is 95.1 cm³/mol. The molecule has 0 aliphatic carbocycles. The normalized spacial score (nSPS) is 17.7. The number of hydrogen-bond acceptors (Lipinski definition) is 4. The van der Waals surface area contributed by atoms with Crippen LogP contribution < -0.4 is 16.0 Å². The first-order chi connectivity index (χ1) is 11.6. The van der Waals surface area contributed by atoms with Crippen molar-refractivity contribution >= 4 is 29.0 Å². The molecule has 2 aromatic rings. The molecule has 1 saturated heterocycles. The fraction of sp³-hybridized carbons (Fsp3) is 0.353. The van der Waals surface area contributed by atoms with Crippen molar-refractivity contribution in [3.8, 4) is 11.3 Å². The first kappa shape index (κ1) is 16.4. The number of rotatable bonds is 3. The van der Waals surface area contributed by atoms with Crippen molar-refractivity contribution in [3.05, 3.63) is 34.7 Å². The van der Waals surface area contributed by atoms with Crippen LogP contribution in [0.4, 0.5) is 10.5 Å². The number of anilines is 1. The Hall–Kier alpha value is -2.41. The number of aryl methyl sites for hydroxylation is 1. The van der Waals surface area contributed by atoms with Crippen LogP contribution in [0.25, 0.3) is 11.3 Å². The van der Waals surface area contributed by atoms with E-state index in [4.69, 9.17) is 0 Å². The Balaban J connectivity index is 1.59. The monoisotopic (exact) mass is 344 g/mol. The molecule has 3 rings (SSSR count). The van der Waals surface area contributed by atoms with Crippen molar-refractivity contribution in [2.45, 2.75) is 32.2 Å². The number of urea groups is 1. The zero-order valence-electron chi connectivity index (χ0n) is 13.5. The summed E-state index contributed by atoms with van der Waals surface area (Å²) in [6.45, 7) is 2.65. The van der Waals surface area contributed by atoms with Gasteiger partial charge in [0.1, 0.15) is 6.04 Å². The number of thiazole rings is 1. The molecule has 3 amide bonds. The van der Waals surface area contributed by atoms with Crippen LogP contribution in [0.2, 0.25) is 0 Å². The van der Waals surface area contributed by atoms with Crippen molar-refractivity contribution in [1.82, 2.24) is 15.6 Å². The van der Waals surface area contributed by atoms with E-state index in [-0.39, 0.29) is 11.9 Å². The zero-order valence-corrected chi connectivity index (χ0v) is 14.3. The quantitative estimate of drug-likeness (QED) is 0.800. The Bertz CT molecular complexity index is 726. The Labute approximate surface area is 144 Å². The van der Waals surface area contributed by atoms with E-state index < -0.39 is 6.04 Å². The maximum atomic E-state index is 12.1. The molecule has 7 heteroatoms. The van der Waals surface area contributed by atoms with Gasteiger partial charge in [0.05, 0.1) is 10.7 Å². The van der Waals surface area contributed by atoms with Gasteiger partial charge in [0.2, 0.25) is 5.91 Å². The molecule has 0 unspecified atom stereocenters. The van der Waals surface area contributed by atoms with Crippen LogP contribution in [0.3, 0.4) is 0 Å². The Morgan fingerprint density at radius 1 is 1.29 bits per heavy atom. The Morgan fingerprint density at radius 2 is 2.08 bits per heavy atom. The lowest BCUT2D eigenvalue weighted by Gasteiger charge is -2.15. The molecule has 1 aromatic carbocycles. The van der Waals surface area contributed by atoms with Gasteiger partial charge in [0.15, 0.2) is 0 Å². The van der Waals surface area contributed by atoms with Crippen LogP contribution >= 0.6 is 11.3 Å². The number of carbonyl (C=O) groups excluding carboxylic acids is 2. The number of hydrogen-bond donors (Lipinski definition) is 3. The minimum Gasteiger partial charge on any atom is -0.354 e. The third kappa shape index (κ3) is 4.11. The first-order valence-corrected chi connectivity index (χ1v) is 8.87. The summed E-state index contributed by atoms with van der Waals surface area (Å²) in [5.74, 6) is -0.114. The maximum absolute atomic E-state index is 12.1. The lowest BCUT2D eigenvalue weighted by molar-refractivity contribution is -0.122. The highest BCUT2D eigenvalue weighted by atomic mass is 32.1. The summed E-state index contributed by atoms with van der Waals surface area (Å²) >= 11 is 1.61. The van der Waals surface area contributed by atoms with E-state index in [1.807, 2.05) is 36.6 Å². The molecule has 1 aromatic heterocycles. The summed E-state index contributed by atoms with van der Waals surface area (Å²) < 4.78 is 0. The molecule has 1 fully saturated rings. The second kappa shape index (κ2) is 7.44. The van der Waals surface area contributed by atoms with Crippen molar-refractivity contribution in [2.24, 2.45) is 0 Å². The summed E-state index contributed by atoms with van der Waals surface area (Å²) in [6.07, 6.45) is 2.54. The highest BCUT2D eigenvalue weighted by Gasteiger charge is 2.22. The lowest BCUT2D eigenvalue weighted by atomic mass is 10.1. The molecule has 1 aliphatic heterocycles. The third-order valence-electron chi connectivity index (χ3n) is 3.90. The Kier molecular flexibility index (Phi) is 5.10. The SMILES string of the molecule is Cc1nc(-c2ccc(NC(=O)N[C@@H]3CCCCNC3=O)cc2)cs1. The van der Waals surface area contributed by atoms with Crippen LogP contribution in [0, 0.1) is 6.92 Å². The summed E-state index contributed by atoms with van der Waals surface area (Å²) in [7, 11) is 0. The maximum Gasteiger partial charge on any atom is 0.319 e. The van der Waals surface area contributed by atoms with E-state index in [0.717, 1.165) is 29.1 Å². The minimum absolute atomic E-state index is 0.114. The lowest BCUT2D eigenvalue weighted by Crippen LogP contribution is -2.46. The standard InChI is InChI=1S/C17H20N4O2S/c1-11-19-15(10-24-11)12-5-7-13(8-6-12)20-17(23)21-14-4-2-3-9-18-16(14)22/h5-8,10,14H,2-4,9H2,1H3,(H,18,22)(H2,20,21,23)/t14-/m1/s1.